The van der Waals surface area contributed by atoms with Crippen LogP contribution in [0.1, 0.15) is 16.7 Å². The van der Waals surface area contributed by atoms with Gasteiger partial charge in [-0.15, -0.1) is 33.2 Å². The second kappa shape index (κ2) is 9.69. The summed E-state index contributed by atoms with van der Waals surface area (Å²) in [5.41, 5.74) is 3.95. The van der Waals surface area contributed by atoms with Crippen LogP contribution in [-0.4, -0.2) is 23.2 Å². The fourth-order valence-electron chi connectivity index (χ4n) is 2.56. The van der Waals surface area contributed by atoms with Crippen LogP contribution in [0.2, 0.25) is 0 Å². The Morgan fingerprint density at radius 3 is 0.958 bits per heavy atom. The van der Waals surface area contributed by atoms with Crippen LogP contribution in [-0.2, 0) is 4.25 Å². The Morgan fingerprint density at radius 2 is 0.750 bits per heavy atom. The van der Waals surface area contributed by atoms with E-state index in [1.54, 1.807) is 0 Å². The molecule has 0 saturated carbocycles. The molecule has 5 heteroatoms. The van der Waals surface area contributed by atoms with Crippen LogP contribution in [0.5, 0.6) is 0 Å². The van der Waals surface area contributed by atoms with Crippen molar-refractivity contribution in [1.29, 1.82) is 0 Å². The molecule has 0 atom stereocenters. The molecule has 0 aliphatic carbocycles. The van der Waals surface area contributed by atoms with Crippen molar-refractivity contribution in [3.05, 3.63) is 108 Å². The minimum absolute atomic E-state index is 0.121. The molecule has 4 radical (unpaired) electrons. The van der Waals surface area contributed by atoms with Crippen molar-refractivity contribution in [3.8, 4) is 0 Å². The van der Waals surface area contributed by atoms with Gasteiger partial charge in [-0.25, -0.2) is 0 Å². The monoisotopic (exact) mass is 450 g/mol. The molecular formula is C19H15Cl3GeSi. The maximum atomic E-state index is 4.91. The van der Waals surface area contributed by atoms with Crippen LogP contribution in [0.25, 0.3) is 0 Å². The first-order chi connectivity index (χ1) is 11.5. The van der Waals surface area contributed by atoms with E-state index in [-0.39, 0.29) is 4.25 Å². The SMILES string of the molecule is Cl[Si](Cl)Cl.[Ge][C](c1ccccc1)(c1ccccc1)c1ccccc1. The Hall–Kier alpha value is -0.710. The van der Waals surface area contributed by atoms with Crippen LogP contribution in [0.3, 0.4) is 0 Å². The third kappa shape index (κ3) is 5.14. The second-order valence-corrected chi connectivity index (χ2v) is 12.2. The van der Waals surface area contributed by atoms with Crippen molar-refractivity contribution < 1.29 is 0 Å². The summed E-state index contributed by atoms with van der Waals surface area (Å²) < 4.78 is -0.121. The molecule has 0 heterocycles. The van der Waals surface area contributed by atoms with Gasteiger partial charge in [0.2, 0.25) is 0 Å². The van der Waals surface area contributed by atoms with Gasteiger partial charge in [0.05, 0.1) is 0 Å². The zero-order valence-electron chi connectivity index (χ0n) is 12.8. The molecule has 0 aromatic heterocycles. The average molecular weight is 450 g/mol. The summed E-state index contributed by atoms with van der Waals surface area (Å²) in [7, 11) is 0. The molecule has 0 fully saturated rings. The first-order valence-corrected chi connectivity index (χ1v) is 12.9. The fourth-order valence-corrected chi connectivity index (χ4v) is 3.61. The first-order valence-electron chi connectivity index (χ1n) is 7.30. The van der Waals surface area contributed by atoms with Gasteiger partial charge in [0.15, 0.2) is 0 Å². The Kier molecular flexibility index (Phi) is 7.92. The quantitative estimate of drug-likeness (QED) is 0.268. The van der Waals surface area contributed by atoms with E-state index in [2.05, 4.69) is 108 Å². The molecule has 0 unspecified atom stereocenters. The van der Waals surface area contributed by atoms with E-state index in [0.29, 0.717) is 0 Å². The van der Waals surface area contributed by atoms with Crippen LogP contribution < -0.4 is 0 Å². The molecule has 0 saturated heterocycles. The number of hydrogen-bond acceptors (Lipinski definition) is 0. The van der Waals surface area contributed by atoms with E-state index in [1.165, 1.54) is 16.7 Å². The third-order valence-corrected chi connectivity index (χ3v) is 5.44. The summed E-state index contributed by atoms with van der Waals surface area (Å²) in [6.07, 6.45) is 0. The van der Waals surface area contributed by atoms with Gasteiger partial charge < -0.3 is 0 Å². The second-order valence-electron chi connectivity index (χ2n) is 5.06. The molecule has 3 aromatic rings. The topological polar surface area (TPSA) is 0 Å². The van der Waals surface area contributed by atoms with Crippen LogP contribution >= 0.6 is 33.2 Å². The number of halogens is 3. The molecule has 0 aliphatic heterocycles. The third-order valence-electron chi connectivity index (χ3n) is 3.62. The predicted molar refractivity (Wildman–Crippen MR) is 108 cm³/mol. The van der Waals surface area contributed by atoms with Gasteiger partial charge in [0.25, 0.3) is 0 Å². The Morgan fingerprint density at radius 1 is 0.542 bits per heavy atom. The average Bonchev–Trinajstić information content (AvgIpc) is 2.63. The fraction of sp³-hybridized carbons (Fsp3) is 0.0526. The summed E-state index contributed by atoms with van der Waals surface area (Å²) in [4.78, 5) is 0. The summed E-state index contributed by atoms with van der Waals surface area (Å²) in [6.45, 7) is -1.46. The molecule has 3 aromatic carbocycles. The van der Waals surface area contributed by atoms with Gasteiger partial charge >= 0.3 is 135 Å². The molecule has 0 aliphatic rings. The van der Waals surface area contributed by atoms with Crippen molar-refractivity contribution in [1.82, 2.24) is 0 Å². The molecule has 120 valence electrons. The van der Waals surface area contributed by atoms with Gasteiger partial charge in [0.1, 0.15) is 0 Å². The number of rotatable bonds is 3. The Bertz CT molecular complexity index is 622. The van der Waals surface area contributed by atoms with Crippen molar-refractivity contribution in [2.24, 2.45) is 0 Å². The summed E-state index contributed by atoms with van der Waals surface area (Å²) in [5.74, 6) is 0. The molecule has 0 spiro atoms. The summed E-state index contributed by atoms with van der Waals surface area (Å²) in [6, 6.07) is 32.1. The van der Waals surface area contributed by atoms with E-state index < -0.39 is 6.73 Å². The van der Waals surface area contributed by atoms with E-state index in [4.69, 9.17) is 33.2 Å². The first kappa shape index (κ1) is 19.6. The zero-order valence-corrected chi connectivity index (χ0v) is 18.2. The van der Waals surface area contributed by atoms with E-state index in [0.717, 1.165) is 0 Å². The molecular weight excluding hydrogens is 435 g/mol. The van der Waals surface area contributed by atoms with Crippen molar-refractivity contribution in [2.45, 2.75) is 4.25 Å². The summed E-state index contributed by atoms with van der Waals surface area (Å²) >= 11 is 17.0. The van der Waals surface area contributed by atoms with Crippen LogP contribution in [0.4, 0.5) is 0 Å². The van der Waals surface area contributed by atoms with Gasteiger partial charge in [-0.2, -0.15) is 0 Å². The van der Waals surface area contributed by atoms with Gasteiger partial charge in [-0.1, -0.05) is 0 Å². The maximum absolute atomic E-state index is 4.91. The van der Waals surface area contributed by atoms with Crippen molar-refractivity contribution >= 4 is 56.5 Å². The standard InChI is InChI=1S/C19H15Ge.Cl3Si/c20-19(16-10-4-1-5-11-16,17-12-6-2-7-13-17)18-14-8-3-9-15-18;1-4(2)3/h1-15H;. The van der Waals surface area contributed by atoms with E-state index >= 15 is 0 Å². The Labute approximate surface area is 167 Å². The van der Waals surface area contributed by atoms with Gasteiger partial charge in [-0.05, 0) is 0 Å². The van der Waals surface area contributed by atoms with Crippen LogP contribution in [0.15, 0.2) is 91.0 Å². The normalized spacial score (nSPS) is 10.9. The molecule has 3 rings (SSSR count). The van der Waals surface area contributed by atoms with Gasteiger partial charge in [0, 0.05) is 0 Å². The van der Waals surface area contributed by atoms with E-state index in [9.17, 15) is 0 Å². The Balaban J connectivity index is 0.000000471. The predicted octanol–water partition coefficient (Wildman–Crippen LogP) is 5.83. The zero-order chi connectivity index (χ0) is 17.4. The molecule has 0 nitrogen and oxygen atoms in total. The molecule has 0 bridgehead atoms. The number of hydrogen-bond donors (Lipinski definition) is 0. The molecule has 0 amide bonds. The van der Waals surface area contributed by atoms with Gasteiger partial charge in [-0.3, -0.25) is 0 Å². The molecule has 24 heavy (non-hydrogen) atoms. The van der Waals surface area contributed by atoms with Crippen LogP contribution in [0, 0.1) is 0 Å². The molecule has 0 N–H and O–H groups in total. The van der Waals surface area contributed by atoms with E-state index in [1.807, 2.05) is 0 Å². The van der Waals surface area contributed by atoms with Crippen molar-refractivity contribution in [2.75, 3.05) is 0 Å². The van der Waals surface area contributed by atoms with Crippen molar-refractivity contribution in [3.63, 3.8) is 0 Å². The summed E-state index contributed by atoms with van der Waals surface area (Å²) in [5, 5.41) is 0. The minimum atomic E-state index is -1.46. The number of benzene rings is 3.